The number of hydrogen-bond acceptors (Lipinski definition) is 4. The second kappa shape index (κ2) is 10.4. The van der Waals surface area contributed by atoms with Crippen LogP contribution < -0.4 is 9.80 Å². The number of aromatic nitrogens is 1. The Balaban J connectivity index is 0.00000374. The summed E-state index contributed by atoms with van der Waals surface area (Å²) in [6.07, 6.45) is 6.54. The molecule has 0 N–H and O–H groups in total. The van der Waals surface area contributed by atoms with Crippen molar-refractivity contribution in [3.8, 4) is 5.69 Å². The molecule has 0 fully saturated rings. The molecule has 0 amide bonds. The van der Waals surface area contributed by atoms with Gasteiger partial charge in [-0.15, -0.1) is 34.6 Å². The molecule has 9 rings (SSSR count). The second-order valence-electron chi connectivity index (χ2n) is 11.2. The molecule has 0 aliphatic carbocycles. The minimum atomic E-state index is -2.33. The van der Waals surface area contributed by atoms with E-state index < -0.39 is 19.4 Å². The van der Waals surface area contributed by atoms with Crippen molar-refractivity contribution in [1.29, 1.82) is 0 Å². The molecule has 0 bridgehead atoms. The number of rotatable bonds is 4. The monoisotopic (exact) mass is 768 g/mol. The molecule has 1 atom stereocenters. The van der Waals surface area contributed by atoms with Gasteiger partial charge in [-0.2, -0.15) is 43.7 Å². The van der Waals surface area contributed by atoms with Crippen molar-refractivity contribution in [2.45, 2.75) is 5.41 Å². The zero-order valence-electron chi connectivity index (χ0n) is 29.8. The molecule has 45 heavy (non-hydrogen) atoms. The fourth-order valence-electron chi connectivity index (χ4n) is 7.05. The zero-order valence-corrected chi connectivity index (χ0v) is 26.1. The van der Waals surface area contributed by atoms with Gasteiger partial charge in [0.1, 0.15) is 0 Å². The van der Waals surface area contributed by atoms with Gasteiger partial charge in [-0.25, -0.2) is 0 Å². The Morgan fingerprint density at radius 1 is 0.644 bits per heavy atom. The first kappa shape index (κ1) is 21.9. The van der Waals surface area contributed by atoms with E-state index in [4.69, 9.17) is 8.22 Å². The Morgan fingerprint density at radius 2 is 1.33 bits per heavy atom. The molecular formula is C39H29N5Pt. The average Bonchev–Trinajstić information content (AvgIpc) is 3.88. The van der Waals surface area contributed by atoms with Crippen LogP contribution in [0.25, 0.3) is 27.5 Å². The van der Waals surface area contributed by atoms with Crippen LogP contribution in [0.4, 0.5) is 11.4 Å². The summed E-state index contributed by atoms with van der Waals surface area (Å²) in [6, 6.07) is 42.7. The fraction of sp³-hybridized carbons (Fsp3) is 0.0769. The summed E-state index contributed by atoms with van der Waals surface area (Å²) in [4.78, 5) is 5.96. The van der Waals surface area contributed by atoms with Gasteiger partial charge in [-0.1, -0.05) is 72.4 Å². The molecule has 5 aromatic carbocycles. The third-order valence-electron chi connectivity index (χ3n) is 8.84. The van der Waals surface area contributed by atoms with Gasteiger partial charge >= 0.3 is 21.1 Å². The van der Waals surface area contributed by atoms with Crippen LogP contribution in [0.1, 0.15) is 30.5 Å². The van der Waals surface area contributed by atoms with E-state index in [0.29, 0.717) is 11.4 Å². The molecule has 0 saturated heterocycles. The molecule has 0 radical (unpaired) electrons. The van der Waals surface area contributed by atoms with Crippen molar-refractivity contribution >= 4 is 33.2 Å². The van der Waals surface area contributed by atoms with Crippen LogP contribution in [0.5, 0.6) is 0 Å². The smallest absolute Gasteiger partial charge is 0.510 e. The van der Waals surface area contributed by atoms with E-state index in [9.17, 15) is 0 Å². The van der Waals surface area contributed by atoms with Crippen LogP contribution in [0, 0.1) is 25.5 Å². The summed E-state index contributed by atoms with van der Waals surface area (Å²) in [5.41, 5.74) is 7.27. The van der Waals surface area contributed by atoms with Gasteiger partial charge < -0.3 is 24.2 Å². The maximum Gasteiger partial charge on any atom is 4.00 e. The number of nitrogens with zero attached hydrogens (tertiary/aromatic N) is 5. The van der Waals surface area contributed by atoms with Crippen LogP contribution in [0.2, 0.25) is 0 Å². The molecule has 0 saturated carbocycles. The molecular weight excluding hydrogens is 734 g/mol. The van der Waals surface area contributed by atoms with Crippen molar-refractivity contribution in [1.82, 2.24) is 14.4 Å². The Labute approximate surface area is 286 Å². The van der Waals surface area contributed by atoms with Crippen molar-refractivity contribution in [3.05, 3.63) is 176 Å². The Hall–Kier alpha value is -4.73. The Morgan fingerprint density at radius 3 is 2.09 bits per heavy atom. The SMILES string of the molecule is [2H]C([2H])([2H])N1C=CN(c2[c-]c(C3(c4ccccc4)c4[c-]c(N5C=CN(C([2H])([2H])[2H])[CH-]5)ccc4-n4c5ccccc5c5cccc3c54)ccc2)[CH-]1.[Pt+4]. The van der Waals surface area contributed by atoms with Crippen LogP contribution >= 0.6 is 0 Å². The number of benzene rings is 5. The van der Waals surface area contributed by atoms with Crippen LogP contribution in [0.15, 0.2) is 128 Å². The zero-order chi connectivity index (χ0) is 34.4. The van der Waals surface area contributed by atoms with Gasteiger partial charge in [-0.05, 0) is 55.9 Å². The van der Waals surface area contributed by atoms with E-state index in [1.807, 2.05) is 36.4 Å². The number of fused-ring (bicyclic) bond motifs is 5. The normalized spacial score (nSPS) is 20.8. The number of anilines is 2. The molecule has 4 heterocycles. The fourth-order valence-corrected chi connectivity index (χ4v) is 7.05. The van der Waals surface area contributed by atoms with Crippen molar-refractivity contribution < 1.29 is 29.3 Å². The molecule has 6 heteroatoms. The van der Waals surface area contributed by atoms with Gasteiger partial charge in [0.25, 0.3) is 0 Å². The predicted octanol–water partition coefficient (Wildman–Crippen LogP) is 7.76. The van der Waals surface area contributed by atoms with E-state index in [2.05, 4.69) is 83.4 Å². The minimum Gasteiger partial charge on any atom is -0.510 e. The van der Waals surface area contributed by atoms with Gasteiger partial charge in [0.15, 0.2) is 0 Å². The summed E-state index contributed by atoms with van der Waals surface area (Å²) in [7, 11) is 0. The summed E-state index contributed by atoms with van der Waals surface area (Å²) in [5, 5.41) is 2.25. The van der Waals surface area contributed by atoms with Gasteiger partial charge in [0.05, 0.1) is 0 Å². The molecule has 1 aromatic heterocycles. The van der Waals surface area contributed by atoms with E-state index in [-0.39, 0.29) is 21.1 Å². The first-order chi connectivity index (χ1) is 24.0. The maximum absolute atomic E-state index is 7.95. The molecule has 220 valence electrons. The molecule has 0 spiro atoms. The van der Waals surface area contributed by atoms with Gasteiger partial charge in [0.2, 0.25) is 0 Å². The molecule has 3 aliphatic rings. The second-order valence-corrected chi connectivity index (χ2v) is 11.2. The standard InChI is InChI=1S/C39H29N5.Pt/c1-40-20-22-42(26-40)30-13-8-12-29(24-30)39(28-10-4-3-5-11-28)34-16-9-15-33-32-14-6-7-17-36(32)44(38(33)34)37-19-18-31(25-35(37)39)43-23-21-41(2)27-43;/h3-23,26-27H,1-2H3;/q-4;+4/i1D3,2D3;. The quantitative estimate of drug-likeness (QED) is 0.171. The summed E-state index contributed by atoms with van der Waals surface area (Å²) in [5.74, 6) is 0. The maximum atomic E-state index is 7.95. The van der Waals surface area contributed by atoms with E-state index in [1.165, 1.54) is 16.0 Å². The van der Waals surface area contributed by atoms with E-state index >= 15 is 0 Å². The summed E-state index contributed by atoms with van der Waals surface area (Å²) >= 11 is 0. The molecule has 3 aliphatic heterocycles. The van der Waals surface area contributed by atoms with Crippen molar-refractivity contribution in [3.63, 3.8) is 0 Å². The molecule has 6 aromatic rings. The first-order valence-corrected chi connectivity index (χ1v) is 14.4. The summed E-state index contributed by atoms with van der Waals surface area (Å²) in [6.45, 7) is -1.52. The van der Waals surface area contributed by atoms with E-state index in [1.54, 1.807) is 41.7 Å². The van der Waals surface area contributed by atoms with Crippen LogP contribution in [-0.4, -0.2) is 28.3 Å². The topological polar surface area (TPSA) is 17.9 Å². The van der Waals surface area contributed by atoms with Crippen LogP contribution in [-0.2, 0) is 26.5 Å². The third kappa shape index (κ3) is 3.97. The number of hydrogen-bond donors (Lipinski definition) is 0. The largest absolute Gasteiger partial charge is 4.00 e. The average molecular weight is 769 g/mol. The van der Waals surface area contributed by atoms with Crippen LogP contribution in [0.3, 0.4) is 0 Å². The minimum absolute atomic E-state index is 0. The predicted molar refractivity (Wildman–Crippen MR) is 178 cm³/mol. The van der Waals surface area contributed by atoms with E-state index in [0.717, 1.165) is 49.7 Å². The van der Waals surface area contributed by atoms with Crippen molar-refractivity contribution in [2.24, 2.45) is 0 Å². The van der Waals surface area contributed by atoms with Gasteiger partial charge in [0, 0.05) is 35.4 Å². The first-order valence-electron chi connectivity index (χ1n) is 17.4. The molecule has 1 unspecified atom stereocenters. The van der Waals surface area contributed by atoms with Gasteiger partial charge in [-0.3, -0.25) is 0 Å². The summed E-state index contributed by atoms with van der Waals surface area (Å²) < 4.78 is 49.9. The third-order valence-corrected chi connectivity index (χ3v) is 8.84. The Kier molecular flexibility index (Phi) is 5.07. The van der Waals surface area contributed by atoms with Crippen molar-refractivity contribution in [2.75, 3.05) is 23.8 Å². The molecule has 5 nitrogen and oxygen atoms in total. The number of para-hydroxylation sites is 2. The Bertz CT molecular complexity index is 2370.